The molecule has 2 amide bonds. The summed E-state index contributed by atoms with van der Waals surface area (Å²) in [6, 6.07) is 16.5. The molecule has 0 spiro atoms. The maximum Gasteiger partial charge on any atom is 0.274 e. The van der Waals surface area contributed by atoms with Crippen molar-refractivity contribution in [3.8, 4) is 5.69 Å². The first-order chi connectivity index (χ1) is 14.6. The van der Waals surface area contributed by atoms with Gasteiger partial charge in [0.05, 0.1) is 11.4 Å². The van der Waals surface area contributed by atoms with Gasteiger partial charge < -0.3 is 15.6 Å². The molecule has 8 nitrogen and oxygen atoms in total. The second-order valence-electron chi connectivity index (χ2n) is 6.97. The minimum atomic E-state index is -0.747. The number of aromatic nitrogens is 4. The number of hydrogen-bond donors (Lipinski definition) is 3. The molecule has 0 aliphatic rings. The number of H-pyrrole nitrogens is 1. The number of nitrogens with one attached hydrogen (secondary N) is 3. The lowest BCUT2D eigenvalue weighted by molar-refractivity contribution is -0.122. The lowest BCUT2D eigenvalue weighted by Gasteiger charge is -2.16. The summed E-state index contributed by atoms with van der Waals surface area (Å²) in [6.45, 7) is 1.77. The van der Waals surface area contributed by atoms with Crippen molar-refractivity contribution in [1.29, 1.82) is 0 Å². The first kappa shape index (κ1) is 19.4. The summed E-state index contributed by atoms with van der Waals surface area (Å²) < 4.78 is 1.60. The molecular weight excluding hydrogens is 380 g/mol. The SMILES string of the molecule is CNC(=O)[C@H](Cc1c[nH]c2ccccc12)NC(=O)c1nnn(-c2ccccc2)c1C. The minimum absolute atomic E-state index is 0.187. The topological polar surface area (TPSA) is 105 Å². The zero-order valence-corrected chi connectivity index (χ0v) is 16.7. The maximum atomic E-state index is 12.9. The van der Waals surface area contributed by atoms with Crippen LogP contribution in [0.5, 0.6) is 0 Å². The van der Waals surface area contributed by atoms with E-state index in [0.29, 0.717) is 12.1 Å². The fourth-order valence-corrected chi connectivity index (χ4v) is 3.48. The largest absolute Gasteiger partial charge is 0.361 e. The summed E-state index contributed by atoms with van der Waals surface area (Å²) in [5.74, 6) is -0.718. The molecule has 8 heteroatoms. The zero-order valence-electron chi connectivity index (χ0n) is 16.7. The normalized spacial score (nSPS) is 11.9. The first-order valence-electron chi connectivity index (χ1n) is 9.63. The molecular formula is C22H22N6O2. The molecule has 0 bridgehead atoms. The van der Waals surface area contributed by atoms with Gasteiger partial charge in [-0.2, -0.15) is 0 Å². The van der Waals surface area contributed by atoms with Crippen LogP contribution in [0.4, 0.5) is 0 Å². The Morgan fingerprint density at radius 2 is 1.83 bits per heavy atom. The van der Waals surface area contributed by atoms with E-state index in [1.54, 1.807) is 18.7 Å². The highest BCUT2D eigenvalue weighted by molar-refractivity contribution is 5.97. The van der Waals surface area contributed by atoms with Crippen molar-refractivity contribution in [1.82, 2.24) is 30.6 Å². The Morgan fingerprint density at radius 1 is 1.10 bits per heavy atom. The summed E-state index contributed by atoms with van der Waals surface area (Å²) in [5, 5.41) is 14.6. The van der Waals surface area contributed by atoms with Gasteiger partial charge in [0.25, 0.3) is 5.91 Å². The van der Waals surface area contributed by atoms with Crippen molar-refractivity contribution < 1.29 is 9.59 Å². The summed E-state index contributed by atoms with van der Waals surface area (Å²) in [7, 11) is 1.55. The van der Waals surface area contributed by atoms with Crippen LogP contribution in [0.1, 0.15) is 21.7 Å². The van der Waals surface area contributed by atoms with Gasteiger partial charge in [-0.15, -0.1) is 5.10 Å². The number of carbonyl (C=O) groups excluding carboxylic acids is 2. The van der Waals surface area contributed by atoms with Gasteiger partial charge in [0, 0.05) is 30.6 Å². The molecule has 3 N–H and O–H groups in total. The Kier molecular flexibility index (Phi) is 5.30. The van der Waals surface area contributed by atoms with Crippen LogP contribution >= 0.6 is 0 Å². The Bertz CT molecular complexity index is 1190. The molecule has 30 heavy (non-hydrogen) atoms. The first-order valence-corrected chi connectivity index (χ1v) is 9.63. The zero-order chi connectivity index (χ0) is 21.1. The van der Waals surface area contributed by atoms with Crippen molar-refractivity contribution in [2.24, 2.45) is 0 Å². The van der Waals surface area contributed by atoms with Crippen molar-refractivity contribution >= 4 is 22.7 Å². The Hall–Kier alpha value is -3.94. The number of nitrogens with zero attached hydrogens (tertiary/aromatic N) is 3. The average Bonchev–Trinajstić information content (AvgIpc) is 3.37. The van der Waals surface area contributed by atoms with Crippen LogP contribution < -0.4 is 10.6 Å². The molecule has 0 saturated heterocycles. The molecule has 4 rings (SSSR count). The van der Waals surface area contributed by atoms with E-state index in [1.165, 1.54) is 0 Å². The highest BCUT2D eigenvalue weighted by Gasteiger charge is 2.25. The minimum Gasteiger partial charge on any atom is -0.361 e. The van der Waals surface area contributed by atoms with Crippen LogP contribution in [0.2, 0.25) is 0 Å². The molecule has 2 heterocycles. The van der Waals surface area contributed by atoms with Crippen molar-refractivity contribution in [3.63, 3.8) is 0 Å². The fourth-order valence-electron chi connectivity index (χ4n) is 3.48. The lowest BCUT2D eigenvalue weighted by Crippen LogP contribution is -2.47. The summed E-state index contributed by atoms with van der Waals surface area (Å²) in [6.07, 6.45) is 2.21. The maximum absolute atomic E-state index is 12.9. The van der Waals surface area contributed by atoms with Crippen LogP contribution in [0.3, 0.4) is 0 Å². The van der Waals surface area contributed by atoms with Gasteiger partial charge in [-0.05, 0) is 30.7 Å². The summed E-state index contributed by atoms with van der Waals surface area (Å²) >= 11 is 0. The number of aromatic amines is 1. The van der Waals surface area contributed by atoms with E-state index >= 15 is 0 Å². The van der Waals surface area contributed by atoms with Crippen molar-refractivity contribution in [3.05, 3.63) is 77.7 Å². The van der Waals surface area contributed by atoms with Gasteiger partial charge in [-0.25, -0.2) is 4.68 Å². The number of likely N-dealkylation sites (N-methyl/N-ethyl adjacent to an activating group) is 1. The third-order valence-electron chi connectivity index (χ3n) is 5.08. The van der Waals surface area contributed by atoms with E-state index in [2.05, 4.69) is 25.9 Å². The predicted octanol–water partition coefficient (Wildman–Crippen LogP) is 2.14. The van der Waals surface area contributed by atoms with Crippen LogP contribution in [0, 0.1) is 6.92 Å². The molecule has 1 atom stereocenters. The van der Waals surface area contributed by atoms with Gasteiger partial charge in [0.2, 0.25) is 5.91 Å². The number of benzene rings is 2. The van der Waals surface area contributed by atoms with Crippen LogP contribution in [0.15, 0.2) is 60.8 Å². The third kappa shape index (κ3) is 3.67. The molecule has 2 aromatic carbocycles. The highest BCUT2D eigenvalue weighted by atomic mass is 16.2. The number of carbonyl (C=O) groups is 2. The number of amides is 2. The molecule has 0 unspecified atom stereocenters. The van der Waals surface area contributed by atoms with E-state index in [4.69, 9.17) is 0 Å². The molecule has 0 aliphatic carbocycles. The van der Waals surface area contributed by atoms with Crippen LogP contribution in [-0.4, -0.2) is 44.9 Å². The third-order valence-corrected chi connectivity index (χ3v) is 5.08. The van der Waals surface area contributed by atoms with Crippen molar-refractivity contribution in [2.45, 2.75) is 19.4 Å². The van der Waals surface area contributed by atoms with Gasteiger partial charge in [-0.1, -0.05) is 41.6 Å². The van der Waals surface area contributed by atoms with Crippen LogP contribution in [-0.2, 0) is 11.2 Å². The molecule has 2 aromatic heterocycles. The second-order valence-corrected chi connectivity index (χ2v) is 6.97. The molecule has 0 aliphatic heterocycles. The van der Waals surface area contributed by atoms with Crippen LogP contribution in [0.25, 0.3) is 16.6 Å². The smallest absolute Gasteiger partial charge is 0.274 e. The lowest BCUT2D eigenvalue weighted by atomic mass is 10.0. The van der Waals surface area contributed by atoms with Crippen molar-refractivity contribution in [2.75, 3.05) is 7.05 Å². The average molecular weight is 402 g/mol. The molecule has 0 saturated carbocycles. The summed E-state index contributed by atoms with van der Waals surface area (Å²) in [4.78, 5) is 28.6. The van der Waals surface area contributed by atoms with E-state index in [9.17, 15) is 9.59 Å². The second kappa shape index (κ2) is 8.20. The highest BCUT2D eigenvalue weighted by Crippen LogP contribution is 2.19. The quantitative estimate of drug-likeness (QED) is 0.460. The van der Waals surface area contributed by atoms with E-state index in [1.807, 2.05) is 60.8 Å². The van der Waals surface area contributed by atoms with E-state index in [0.717, 1.165) is 22.2 Å². The molecule has 0 radical (unpaired) electrons. The Labute approximate surface area is 173 Å². The van der Waals surface area contributed by atoms with Gasteiger partial charge in [0.1, 0.15) is 6.04 Å². The molecule has 0 fully saturated rings. The number of fused-ring (bicyclic) bond motifs is 1. The standard InChI is InChI=1S/C22H22N6O2/c1-14-20(26-27-28(14)16-8-4-3-5-9-16)22(30)25-19(21(29)23-2)12-15-13-24-18-11-7-6-10-17(15)18/h3-11,13,19,24H,12H2,1-2H3,(H,23,29)(H,25,30)/t19-/m0/s1. The molecule has 152 valence electrons. The monoisotopic (exact) mass is 402 g/mol. The Morgan fingerprint density at radius 3 is 2.60 bits per heavy atom. The summed E-state index contributed by atoms with van der Waals surface area (Å²) in [5.41, 5.74) is 3.52. The number of rotatable bonds is 6. The number of hydrogen-bond acceptors (Lipinski definition) is 4. The van der Waals surface area contributed by atoms with Gasteiger partial charge >= 0.3 is 0 Å². The van der Waals surface area contributed by atoms with Gasteiger partial charge in [0.15, 0.2) is 5.69 Å². The van der Waals surface area contributed by atoms with E-state index < -0.39 is 11.9 Å². The van der Waals surface area contributed by atoms with E-state index in [-0.39, 0.29) is 11.6 Å². The number of para-hydroxylation sites is 2. The predicted molar refractivity (Wildman–Crippen MR) is 113 cm³/mol. The molecule has 4 aromatic rings. The van der Waals surface area contributed by atoms with Gasteiger partial charge in [-0.3, -0.25) is 9.59 Å². The fraction of sp³-hybridized carbons (Fsp3) is 0.182. The Balaban J connectivity index is 1.57.